The normalized spacial score (nSPS) is 38.8. The second-order valence-corrected chi connectivity index (χ2v) is 4.76. The van der Waals surface area contributed by atoms with Crippen LogP contribution >= 0.6 is 0 Å². The third kappa shape index (κ3) is 2.27. The van der Waals surface area contributed by atoms with E-state index in [0.717, 1.165) is 32.6 Å². The standard InChI is InChI=1S/C11H21NO2/c13-9-11(4-1-2-5-12-11)7-10-3-6-14-8-10/h10,12-13H,1-9H2. The Morgan fingerprint density at radius 3 is 2.93 bits per heavy atom. The Hall–Kier alpha value is -0.120. The zero-order valence-corrected chi connectivity index (χ0v) is 8.80. The fraction of sp³-hybridized carbons (Fsp3) is 1.00. The van der Waals surface area contributed by atoms with Crippen LogP contribution in [0.15, 0.2) is 0 Å². The lowest BCUT2D eigenvalue weighted by molar-refractivity contribution is 0.1000. The van der Waals surface area contributed by atoms with Crippen molar-refractivity contribution < 1.29 is 9.84 Å². The van der Waals surface area contributed by atoms with Crippen molar-refractivity contribution in [3.05, 3.63) is 0 Å². The highest BCUT2D eigenvalue weighted by atomic mass is 16.5. The summed E-state index contributed by atoms with van der Waals surface area (Å²) in [5.41, 5.74) is 0.0105. The third-order valence-electron chi connectivity index (χ3n) is 3.59. The number of nitrogens with one attached hydrogen (secondary N) is 1. The largest absolute Gasteiger partial charge is 0.394 e. The fourth-order valence-corrected chi connectivity index (χ4v) is 2.70. The molecular formula is C11H21NO2. The van der Waals surface area contributed by atoms with E-state index in [1.165, 1.54) is 19.3 Å². The molecule has 0 aromatic rings. The van der Waals surface area contributed by atoms with Gasteiger partial charge in [0, 0.05) is 18.8 Å². The Bertz CT molecular complexity index is 172. The number of ether oxygens (including phenoxy) is 1. The molecule has 2 saturated heterocycles. The molecule has 0 bridgehead atoms. The number of rotatable bonds is 3. The first-order valence-corrected chi connectivity index (χ1v) is 5.78. The van der Waals surface area contributed by atoms with E-state index in [9.17, 15) is 5.11 Å². The fourth-order valence-electron chi connectivity index (χ4n) is 2.70. The van der Waals surface area contributed by atoms with Crippen molar-refractivity contribution >= 4 is 0 Å². The number of hydrogen-bond acceptors (Lipinski definition) is 3. The molecule has 2 heterocycles. The number of piperidine rings is 1. The van der Waals surface area contributed by atoms with Crippen molar-refractivity contribution in [1.29, 1.82) is 0 Å². The zero-order chi connectivity index (χ0) is 9.86. The predicted molar refractivity (Wildman–Crippen MR) is 55.2 cm³/mol. The molecule has 0 spiro atoms. The van der Waals surface area contributed by atoms with Crippen LogP contribution in [-0.2, 0) is 4.74 Å². The smallest absolute Gasteiger partial charge is 0.0613 e. The van der Waals surface area contributed by atoms with Crippen LogP contribution in [0.25, 0.3) is 0 Å². The van der Waals surface area contributed by atoms with E-state index in [-0.39, 0.29) is 12.1 Å². The molecule has 2 aliphatic heterocycles. The van der Waals surface area contributed by atoms with E-state index in [1.54, 1.807) is 0 Å². The average Bonchev–Trinajstić information content (AvgIpc) is 2.72. The van der Waals surface area contributed by atoms with Crippen molar-refractivity contribution in [3.63, 3.8) is 0 Å². The first-order valence-electron chi connectivity index (χ1n) is 5.78. The second kappa shape index (κ2) is 4.60. The van der Waals surface area contributed by atoms with Gasteiger partial charge in [-0.3, -0.25) is 0 Å². The van der Waals surface area contributed by atoms with Gasteiger partial charge in [0.1, 0.15) is 0 Å². The molecule has 2 N–H and O–H groups in total. The molecule has 2 unspecified atom stereocenters. The van der Waals surface area contributed by atoms with Crippen LogP contribution in [-0.4, -0.2) is 37.0 Å². The maximum Gasteiger partial charge on any atom is 0.0613 e. The number of hydrogen-bond donors (Lipinski definition) is 2. The molecule has 3 heteroatoms. The lowest BCUT2D eigenvalue weighted by Crippen LogP contribution is -2.52. The van der Waals surface area contributed by atoms with Crippen molar-refractivity contribution in [1.82, 2.24) is 5.32 Å². The van der Waals surface area contributed by atoms with Crippen LogP contribution in [0.2, 0.25) is 0 Å². The molecule has 0 aliphatic carbocycles. The quantitative estimate of drug-likeness (QED) is 0.710. The summed E-state index contributed by atoms with van der Waals surface area (Å²) in [7, 11) is 0. The Morgan fingerprint density at radius 2 is 2.36 bits per heavy atom. The summed E-state index contributed by atoms with van der Waals surface area (Å²) >= 11 is 0. The molecule has 3 nitrogen and oxygen atoms in total. The molecule has 14 heavy (non-hydrogen) atoms. The predicted octanol–water partition coefficient (Wildman–Crippen LogP) is 0.918. The van der Waals surface area contributed by atoms with Crippen molar-refractivity contribution in [2.75, 3.05) is 26.4 Å². The summed E-state index contributed by atoms with van der Waals surface area (Å²) in [5.74, 6) is 0.660. The summed E-state index contributed by atoms with van der Waals surface area (Å²) < 4.78 is 5.38. The van der Waals surface area contributed by atoms with Crippen molar-refractivity contribution in [3.8, 4) is 0 Å². The average molecular weight is 199 g/mol. The minimum atomic E-state index is 0.0105. The molecule has 0 radical (unpaired) electrons. The van der Waals surface area contributed by atoms with Crippen LogP contribution in [0.5, 0.6) is 0 Å². The van der Waals surface area contributed by atoms with Crippen LogP contribution < -0.4 is 5.32 Å². The van der Waals surface area contributed by atoms with Gasteiger partial charge in [-0.2, -0.15) is 0 Å². The van der Waals surface area contributed by atoms with Crippen molar-refractivity contribution in [2.45, 2.75) is 37.6 Å². The molecule has 0 amide bonds. The van der Waals surface area contributed by atoms with Crippen LogP contribution in [0, 0.1) is 5.92 Å². The number of aliphatic hydroxyl groups is 1. The highest BCUT2D eigenvalue weighted by molar-refractivity contribution is 4.92. The zero-order valence-electron chi connectivity index (χ0n) is 8.80. The topological polar surface area (TPSA) is 41.5 Å². The Labute approximate surface area is 85.8 Å². The second-order valence-electron chi connectivity index (χ2n) is 4.76. The maximum absolute atomic E-state index is 9.50. The Kier molecular flexibility index (Phi) is 3.42. The van der Waals surface area contributed by atoms with Gasteiger partial charge in [0.15, 0.2) is 0 Å². The lowest BCUT2D eigenvalue weighted by atomic mass is 9.81. The highest BCUT2D eigenvalue weighted by Gasteiger charge is 2.34. The van der Waals surface area contributed by atoms with E-state index in [0.29, 0.717) is 5.92 Å². The molecule has 0 saturated carbocycles. The van der Waals surface area contributed by atoms with E-state index >= 15 is 0 Å². The van der Waals surface area contributed by atoms with Gasteiger partial charge in [0.2, 0.25) is 0 Å². The Morgan fingerprint density at radius 1 is 1.43 bits per heavy atom. The maximum atomic E-state index is 9.50. The molecule has 2 rings (SSSR count). The van der Waals surface area contributed by atoms with Gasteiger partial charge in [-0.15, -0.1) is 0 Å². The van der Waals surface area contributed by atoms with Crippen LogP contribution in [0.4, 0.5) is 0 Å². The van der Waals surface area contributed by atoms with E-state index in [2.05, 4.69) is 5.32 Å². The van der Waals surface area contributed by atoms with E-state index in [4.69, 9.17) is 4.74 Å². The summed E-state index contributed by atoms with van der Waals surface area (Å²) in [5, 5.41) is 13.0. The van der Waals surface area contributed by atoms with E-state index in [1.807, 2.05) is 0 Å². The number of aliphatic hydroxyl groups excluding tert-OH is 1. The molecule has 2 aliphatic rings. The molecular weight excluding hydrogens is 178 g/mol. The van der Waals surface area contributed by atoms with Gasteiger partial charge in [-0.05, 0) is 38.1 Å². The third-order valence-corrected chi connectivity index (χ3v) is 3.59. The summed E-state index contributed by atoms with van der Waals surface area (Å²) in [6.45, 7) is 3.15. The summed E-state index contributed by atoms with van der Waals surface area (Å²) in [6, 6.07) is 0. The molecule has 0 aromatic heterocycles. The van der Waals surface area contributed by atoms with Crippen LogP contribution in [0.3, 0.4) is 0 Å². The first-order chi connectivity index (χ1) is 6.85. The Balaban J connectivity index is 1.89. The molecule has 0 aromatic carbocycles. The minimum absolute atomic E-state index is 0.0105. The van der Waals surface area contributed by atoms with E-state index < -0.39 is 0 Å². The van der Waals surface area contributed by atoms with Gasteiger partial charge < -0.3 is 15.2 Å². The summed E-state index contributed by atoms with van der Waals surface area (Å²) in [4.78, 5) is 0. The van der Waals surface area contributed by atoms with Gasteiger partial charge in [0.25, 0.3) is 0 Å². The highest BCUT2D eigenvalue weighted by Crippen LogP contribution is 2.29. The van der Waals surface area contributed by atoms with Gasteiger partial charge in [-0.1, -0.05) is 6.42 Å². The first kappa shape index (κ1) is 10.4. The monoisotopic (exact) mass is 199 g/mol. The van der Waals surface area contributed by atoms with Gasteiger partial charge in [0.05, 0.1) is 6.61 Å². The van der Waals surface area contributed by atoms with Crippen LogP contribution in [0.1, 0.15) is 32.1 Å². The van der Waals surface area contributed by atoms with Gasteiger partial charge >= 0.3 is 0 Å². The van der Waals surface area contributed by atoms with Crippen molar-refractivity contribution in [2.24, 2.45) is 5.92 Å². The SMILES string of the molecule is OCC1(CC2CCOC2)CCCCN1. The lowest BCUT2D eigenvalue weighted by Gasteiger charge is -2.38. The minimum Gasteiger partial charge on any atom is -0.394 e. The summed E-state index contributed by atoms with van der Waals surface area (Å²) in [6.07, 6.45) is 5.89. The van der Waals surface area contributed by atoms with Gasteiger partial charge in [-0.25, -0.2) is 0 Å². The molecule has 82 valence electrons. The molecule has 2 atom stereocenters. The molecule has 2 fully saturated rings.